The number of aliphatic hydroxyl groups is 1. The lowest BCUT2D eigenvalue weighted by Gasteiger charge is -2.26. The molecular formula is C21H28N4O11. The Morgan fingerprint density at radius 3 is 1.81 bits per heavy atom. The fourth-order valence-corrected chi connectivity index (χ4v) is 2.93. The van der Waals surface area contributed by atoms with Crippen LogP contribution >= 0.6 is 0 Å². The third kappa shape index (κ3) is 9.94. The summed E-state index contributed by atoms with van der Waals surface area (Å²) in [5, 5.41) is 52.8. The highest BCUT2D eigenvalue weighted by atomic mass is 16.4. The van der Waals surface area contributed by atoms with Crippen LogP contribution in [0.1, 0.15) is 25.3 Å². The van der Waals surface area contributed by atoms with E-state index in [2.05, 4.69) is 10.6 Å². The lowest BCUT2D eigenvalue weighted by molar-refractivity contribution is -0.144. The first kappa shape index (κ1) is 29.8. The Bertz CT molecular complexity index is 981. The molecule has 1 aromatic carbocycles. The highest BCUT2D eigenvalue weighted by molar-refractivity contribution is 5.96. The average molecular weight is 512 g/mol. The minimum atomic E-state index is -1.80. The number of nitrogens with one attached hydrogen (secondary N) is 3. The van der Waals surface area contributed by atoms with Gasteiger partial charge in [-0.1, -0.05) is 12.1 Å². The third-order valence-electron chi connectivity index (χ3n) is 4.80. The number of nitrogens with two attached hydrogens (primary N) is 1. The number of carbonyl (C=O) groups excluding carboxylic acids is 3. The molecule has 0 saturated heterocycles. The predicted molar refractivity (Wildman–Crippen MR) is 119 cm³/mol. The van der Waals surface area contributed by atoms with Crippen LogP contribution < -0.4 is 21.7 Å². The Labute approximate surface area is 204 Å². The summed E-state index contributed by atoms with van der Waals surface area (Å²) >= 11 is 0. The van der Waals surface area contributed by atoms with E-state index in [1.54, 1.807) is 0 Å². The highest BCUT2D eigenvalue weighted by Crippen LogP contribution is 2.12. The molecule has 3 amide bonds. The number of hydrogen-bond acceptors (Lipinski definition) is 9. The first-order valence-electron chi connectivity index (χ1n) is 10.5. The van der Waals surface area contributed by atoms with Gasteiger partial charge in [-0.3, -0.25) is 24.0 Å². The average Bonchev–Trinajstić information content (AvgIpc) is 2.76. The summed E-state index contributed by atoms with van der Waals surface area (Å²) in [6.45, 7) is 1.10. The quantitative estimate of drug-likeness (QED) is 0.122. The van der Waals surface area contributed by atoms with Gasteiger partial charge in [-0.15, -0.1) is 0 Å². The number of phenolic OH excluding ortho intramolecular Hbond substituents is 1. The van der Waals surface area contributed by atoms with Crippen LogP contribution in [-0.2, 0) is 35.2 Å². The summed E-state index contributed by atoms with van der Waals surface area (Å²) in [6, 6.07) is -1.15. The summed E-state index contributed by atoms with van der Waals surface area (Å²) < 4.78 is 0. The van der Waals surface area contributed by atoms with Gasteiger partial charge < -0.3 is 47.2 Å². The summed E-state index contributed by atoms with van der Waals surface area (Å²) in [6.07, 6.45) is -3.55. The van der Waals surface area contributed by atoms with Gasteiger partial charge in [0.15, 0.2) is 0 Å². The number of carbonyl (C=O) groups is 6. The summed E-state index contributed by atoms with van der Waals surface area (Å²) in [7, 11) is 0. The van der Waals surface area contributed by atoms with Gasteiger partial charge in [-0.05, 0) is 24.6 Å². The van der Waals surface area contributed by atoms with Crippen molar-refractivity contribution in [1.29, 1.82) is 0 Å². The van der Waals surface area contributed by atoms with E-state index in [0.717, 1.165) is 6.92 Å². The minimum Gasteiger partial charge on any atom is -0.508 e. The van der Waals surface area contributed by atoms with Crippen LogP contribution in [0.5, 0.6) is 5.75 Å². The number of hydrogen-bond donors (Lipinski definition) is 9. The van der Waals surface area contributed by atoms with E-state index in [-0.39, 0.29) is 12.2 Å². The molecule has 0 spiro atoms. The SMILES string of the molecule is CC(O)C(NC(=O)C(CC(=O)O)NC(=O)C(N)CC(=O)O)C(=O)NC(Cc1ccc(O)cc1)C(=O)O. The van der Waals surface area contributed by atoms with E-state index in [1.807, 2.05) is 5.32 Å². The highest BCUT2D eigenvalue weighted by Gasteiger charge is 2.33. The van der Waals surface area contributed by atoms with Crippen molar-refractivity contribution >= 4 is 35.6 Å². The van der Waals surface area contributed by atoms with Crippen molar-refractivity contribution in [3.63, 3.8) is 0 Å². The first-order valence-corrected chi connectivity index (χ1v) is 10.5. The van der Waals surface area contributed by atoms with Crippen molar-refractivity contribution in [2.75, 3.05) is 0 Å². The van der Waals surface area contributed by atoms with Crippen LogP contribution in [0.4, 0.5) is 0 Å². The molecule has 198 valence electrons. The Morgan fingerprint density at radius 2 is 1.33 bits per heavy atom. The Kier molecular flexibility index (Phi) is 11.3. The van der Waals surface area contributed by atoms with Crippen LogP contribution in [0.3, 0.4) is 0 Å². The molecule has 0 fully saturated rings. The molecule has 5 unspecified atom stereocenters. The zero-order valence-corrected chi connectivity index (χ0v) is 19.1. The number of rotatable bonds is 14. The summed E-state index contributed by atoms with van der Waals surface area (Å²) in [5.74, 6) is -7.92. The van der Waals surface area contributed by atoms with E-state index in [9.17, 15) is 44.1 Å². The molecule has 1 aromatic rings. The second kappa shape index (κ2) is 13.6. The lowest BCUT2D eigenvalue weighted by atomic mass is 10.0. The number of phenols is 1. The molecule has 0 bridgehead atoms. The molecule has 0 aliphatic carbocycles. The molecule has 0 radical (unpaired) electrons. The molecule has 0 saturated carbocycles. The van der Waals surface area contributed by atoms with E-state index < -0.39 is 78.7 Å². The maximum Gasteiger partial charge on any atom is 0.326 e. The maximum absolute atomic E-state index is 12.7. The Morgan fingerprint density at radius 1 is 0.806 bits per heavy atom. The number of aromatic hydroxyl groups is 1. The number of carboxylic acid groups (broad SMARTS) is 3. The standard InChI is InChI=1S/C21H28N4O11/c1-9(26)17(20(34)24-14(21(35)36)6-10-2-4-11(27)5-3-10)25-19(33)13(8-16(30)31)23-18(32)12(22)7-15(28)29/h2-5,9,12-14,17,26-27H,6-8,22H2,1H3,(H,23,32)(H,24,34)(H,25,33)(H,28,29)(H,30,31)(H,35,36). The smallest absolute Gasteiger partial charge is 0.326 e. The normalized spacial score (nSPS) is 14.9. The van der Waals surface area contributed by atoms with Gasteiger partial charge in [-0.25, -0.2) is 4.79 Å². The number of benzene rings is 1. The molecule has 1 rings (SSSR count). The summed E-state index contributed by atoms with van der Waals surface area (Å²) in [5.41, 5.74) is 5.85. The van der Waals surface area contributed by atoms with Gasteiger partial charge in [-0.2, -0.15) is 0 Å². The zero-order chi connectivity index (χ0) is 27.6. The third-order valence-corrected chi connectivity index (χ3v) is 4.80. The van der Waals surface area contributed by atoms with Gasteiger partial charge in [0.1, 0.15) is 23.9 Å². The zero-order valence-electron chi connectivity index (χ0n) is 19.1. The van der Waals surface area contributed by atoms with Crippen molar-refractivity contribution < 1.29 is 54.3 Å². The molecule has 0 aromatic heterocycles. The van der Waals surface area contributed by atoms with Crippen LogP contribution in [-0.4, -0.2) is 91.4 Å². The van der Waals surface area contributed by atoms with Crippen molar-refractivity contribution in [3.05, 3.63) is 29.8 Å². The van der Waals surface area contributed by atoms with Crippen LogP contribution in [0.2, 0.25) is 0 Å². The van der Waals surface area contributed by atoms with E-state index >= 15 is 0 Å². The molecule has 15 nitrogen and oxygen atoms in total. The van der Waals surface area contributed by atoms with Crippen LogP contribution in [0.25, 0.3) is 0 Å². The molecule has 5 atom stereocenters. The van der Waals surface area contributed by atoms with Gasteiger partial charge in [0, 0.05) is 6.42 Å². The molecule has 10 N–H and O–H groups in total. The molecule has 0 aliphatic heterocycles. The Balaban J connectivity index is 2.98. The lowest BCUT2D eigenvalue weighted by Crippen LogP contribution is -2.60. The fraction of sp³-hybridized carbons (Fsp3) is 0.429. The largest absolute Gasteiger partial charge is 0.508 e. The Hall–Kier alpha value is -4.24. The maximum atomic E-state index is 12.7. The van der Waals surface area contributed by atoms with Crippen molar-refractivity contribution in [2.45, 2.75) is 56.5 Å². The number of aliphatic hydroxyl groups excluding tert-OH is 1. The van der Waals surface area contributed by atoms with Gasteiger partial charge >= 0.3 is 17.9 Å². The number of aliphatic carboxylic acids is 3. The van der Waals surface area contributed by atoms with Gasteiger partial charge in [0.2, 0.25) is 17.7 Å². The minimum absolute atomic E-state index is 0.0570. The molecule has 15 heteroatoms. The second-order valence-electron chi connectivity index (χ2n) is 7.86. The van der Waals surface area contributed by atoms with E-state index in [0.29, 0.717) is 5.56 Å². The van der Waals surface area contributed by atoms with Crippen LogP contribution in [0.15, 0.2) is 24.3 Å². The first-order chi connectivity index (χ1) is 16.7. The number of carboxylic acids is 3. The van der Waals surface area contributed by atoms with Gasteiger partial charge in [0.05, 0.1) is 25.0 Å². The monoisotopic (exact) mass is 512 g/mol. The molecule has 36 heavy (non-hydrogen) atoms. The van der Waals surface area contributed by atoms with Crippen molar-refractivity contribution in [3.8, 4) is 5.75 Å². The topological polar surface area (TPSA) is 266 Å². The molecular weight excluding hydrogens is 484 g/mol. The van der Waals surface area contributed by atoms with Crippen LogP contribution in [0, 0.1) is 0 Å². The van der Waals surface area contributed by atoms with E-state index in [1.165, 1.54) is 24.3 Å². The molecule has 0 heterocycles. The predicted octanol–water partition coefficient (Wildman–Crippen LogP) is -2.87. The van der Waals surface area contributed by atoms with Gasteiger partial charge in [0.25, 0.3) is 0 Å². The number of amides is 3. The van der Waals surface area contributed by atoms with Crippen molar-refractivity contribution in [1.82, 2.24) is 16.0 Å². The summed E-state index contributed by atoms with van der Waals surface area (Å²) in [4.78, 5) is 70.9. The molecule has 0 aliphatic rings. The fourth-order valence-electron chi connectivity index (χ4n) is 2.93. The van der Waals surface area contributed by atoms with E-state index in [4.69, 9.17) is 15.9 Å². The second-order valence-corrected chi connectivity index (χ2v) is 7.86. The van der Waals surface area contributed by atoms with Crippen molar-refractivity contribution in [2.24, 2.45) is 5.73 Å².